The van der Waals surface area contributed by atoms with Crippen LogP contribution in [0.2, 0.25) is 0 Å². The first-order valence-corrected chi connectivity index (χ1v) is 9.32. The first-order chi connectivity index (χ1) is 11.8. The van der Waals surface area contributed by atoms with Crippen LogP contribution < -0.4 is 0 Å². The zero-order valence-corrected chi connectivity index (χ0v) is 14.5. The lowest BCUT2D eigenvalue weighted by atomic mass is 10.1. The van der Waals surface area contributed by atoms with Crippen LogP contribution in [0.5, 0.6) is 0 Å². The summed E-state index contributed by atoms with van der Waals surface area (Å²) in [6, 6.07) is 8.25. The summed E-state index contributed by atoms with van der Waals surface area (Å²) in [7, 11) is 0. The van der Waals surface area contributed by atoms with E-state index in [0.29, 0.717) is 18.4 Å². The Morgan fingerprint density at radius 2 is 2.21 bits per heavy atom. The fourth-order valence-electron chi connectivity index (χ4n) is 2.97. The normalized spacial score (nSPS) is 17.8. The third-order valence-corrected chi connectivity index (χ3v) is 5.24. The Bertz CT molecular complexity index is 823. The number of thioether (sulfide) groups is 1. The van der Waals surface area contributed by atoms with E-state index in [1.54, 1.807) is 11.8 Å². The maximum absolute atomic E-state index is 5.38. The van der Waals surface area contributed by atoms with Gasteiger partial charge in [-0.25, -0.2) is 4.98 Å². The van der Waals surface area contributed by atoms with Crippen LogP contribution in [0.1, 0.15) is 31.0 Å². The number of hydrogen-bond donors (Lipinski definition) is 0. The molecule has 1 aliphatic rings. The Hall–Kier alpha value is -1.86. The second kappa shape index (κ2) is 6.94. The second-order valence-corrected chi connectivity index (χ2v) is 6.89. The average molecular weight is 344 g/mol. The van der Waals surface area contributed by atoms with E-state index >= 15 is 0 Å². The van der Waals surface area contributed by atoms with Crippen LogP contribution in [0.3, 0.4) is 0 Å². The highest BCUT2D eigenvalue weighted by molar-refractivity contribution is 7.99. The lowest BCUT2D eigenvalue weighted by Crippen LogP contribution is -2.00. The fourth-order valence-corrected chi connectivity index (χ4v) is 3.98. The third kappa shape index (κ3) is 3.06. The monoisotopic (exact) mass is 344 g/mol. The summed E-state index contributed by atoms with van der Waals surface area (Å²) in [5.74, 6) is 2.64. The van der Waals surface area contributed by atoms with Crippen molar-refractivity contribution in [2.45, 2.75) is 37.4 Å². The largest absolute Gasteiger partial charge is 0.381 e. The molecule has 0 spiro atoms. The smallest absolute Gasteiger partial charge is 0.227 e. The number of aromatic nitrogens is 4. The van der Waals surface area contributed by atoms with Crippen molar-refractivity contribution in [2.75, 3.05) is 19.0 Å². The summed E-state index contributed by atoms with van der Waals surface area (Å²) in [6.45, 7) is 4.55. The maximum Gasteiger partial charge on any atom is 0.227 e. The molecule has 1 fully saturated rings. The number of imidazole rings is 1. The molecule has 0 bridgehead atoms. The van der Waals surface area contributed by atoms with E-state index in [1.807, 2.05) is 6.07 Å². The van der Waals surface area contributed by atoms with Crippen LogP contribution in [0.15, 0.2) is 33.9 Å². The van der Waals surface area contributed by atoms with Gasteiger partial charge in [0.15, 0.2) is 11.0 Å². The Labute approximate surface area is 144 Å². The number of para-hydroxylation sites is 2. The van der Waals surface area contributed by atoms with Crippen molar-refractivity contribution in [3.63, 3.8) is 0 Å². The summed E-state index contributed by atoms with van der Waals surface area (Å²) in [5.41, 5.74) is 2.23. The van der Waals surface area contributed by atoms with Gasteiger partial charge in [-0.2, -0.15) is 4.98 Å². The molecule has 3 aromatic rings. The van der Waals surface area contributed by atoms with Gasteiger partial charge in [-0.15, -0.1) is 0 Å². The van der Waals surface area contributed by atoms with E-state index < -0.39 is 0 Å². The van der Waals surface area contributed by atoms with Crippen molar-refractivity contribution < 1.29 is 9.26 Å². The zero-order chi connectivity index (χ0) is 16.4. The van der Waals surface area contributed by atoms with Crippen LogP contribution in [-0.2, 0) is 17.7 Å². The molecule has 0 saturated carbocycles. The van der Waals surface area contributed by atoms with E-state index in [2.05, 4.69) is 39.8 Å². The van der Waals surface area contributed by atoms with Crippen molar-refractivity contribution in [3.8, 4) is 0 Å². The molecule has 0 radical (unpaired) electrons. The lowest BCUT2D eigenvalue weighted by Gasteiger charge is -2.04. The van der Waals surface area contributed by atoms with Crippen LogP contribution in [-0.4, -0.2) is 38.7 Å². The van der Waals surface area contributed by atoms with Crippen LogP contribution >= 0.6 is 11.8 Å². The summed E-state index contributed by atoms with van der Waals surface area (Å²) < 4.78 is 13.0. The van der Waals surface area contributed by atoms with Gasteiger partial charge in [0.05, 0.1) is 17.6 Å². The lowest BCUT2D eigenvalue weighted by molar-refractivity contribution is 0.192. The summed E-state index contributed by atoms with van der Waals surface area (Å²) >= 11 is 1.73. The van der Waals surface area contributed by atoms with Gasteiger partial charge in [0.1, 0.15) is 0 Å². The fraction of sp³-hybridized carbons (Fsp3) is 0.471. The van der Waals surface area contributed by atoms with E-state index in [4.69, 9.17) is 14.2 Å². The van der Waals surface area contributed by atoms with Crippen molar-refractivity contribution >= 4 is 22.8 Å². The van der Waals surface area contributed by atoms with Gasteiger partial charge in [0.25, 0.3) is 0 Å². The highest BCUT2D eigenvalue weighted by atomic mass is 32.2. The van der Waals surface area contributed by atoms with E-state index in [-0.39, 0.29) is 0 Å². The molecule has 6 nitrogen and oxygen atoms in total. The molecule has 0 aliphatic carbocycles. The zero-order valence-electron chi connectivity index (χ0n) is 13.6. The Morgan fingerprint density at radius 1 is 1.29 bits per heavy atom. The first-order valence-electron chi connectivity index (χ1n) is 8.33. The minimum atomic E-state index is 0.291. The van der Waals surface area contributed by atoms with E-state index in [1.165, 1.54) is 5.52 Å². The molecular formula is C17H20N4O2S. The van der Waals surface area contributed by atoms with Gasteiger partial charge in [0, 0.05) is 31.2 Å². The second-order valence-electron chi connectivity index (χ2n) is 5.83. The first kappa shape index (κ1) is 15.7. The molecule has 3 heterocycles. The standard InChI is InChI=1S/C17H20N4O2S/c1-2-21-14-6-4-3-5-13(14)18-17(21)24-10-8-15-19-16(20-23-15)12-7-9-22-11-12/h3-6,12H,2,7-11H2,1H3. The van der Waals surface area contributed by atoms with Gasteiger partial charge >= 0.3 is 0 Å². The average Bonchev–Trinajstić information content (AvgIpc) is 3.33. The molecule has 1 aliphatic heterocycles. The molecule has 24 heavy (non-hydrogen) atoms. The van der Waals surface area contributed by atoms with E-state index in [0.717, 1.165) is 48.2 Å². The van der Waals surface area contributed by atoms with Gasteiger partial charge < -0.3 is 13.8 Å². The quantitative estimate of drug-likeness (QED) is 0.639. The maximum atomic E-state index is 5.38. The topological polar surface area (TPSA) is 66.0 Å². The molecule has 2 aromatic heterocycles. The number of ether oxygens (including phenoxy) is 1. The minimum absolute atomic E-state index is 0.291. The van der Waals surface area contributed by atoms with Crippen LogP contribution in [0.25, 0.3) is 11.0 Å². The Balaban J connectivity index is 1.40. The van der Waals surface area contributed by atoms with Crippen LogP contribution in [0.4, 0.5) is 0 Å². The SMILES string of the molecule is CCn1c(SCCc2nc(C3CCOC3)no2)nc2ccccc21. The Kier molecular flexibility index (Phi) is 4.53. The van der Waals surface area contributed by atoms with Crippen molar-refractivity contribution in [1.29, 1.82) is 0 Å². The molecule has 126 valence electrons. The number of nitrogens with zero attached hydrogens (tertiary/aromatic N) is 4. The van der Waals surface area contributed by atoms with Gasteiger partial charge in [-0.3, -0.25) is 0 Å². The third-order valence-electron chi connectivity index (χ3n) is 4.26. The van der Waals surface area contributed by atoms with Crippen molar-refractivity contribution in [2.24, 2.45) is 0 Å². The van der Waals surface area contributed by atoms with Gasteiger partial charge in [0.2, 0.25) is 5.89 Å². The molecule has 0 amide bonds. The molecule has 0 N–H and O–H groups in total. The minimum Gasteiger partial charge on any atom is -0.381 e. The summed E-state index contributed by atoms with van der Waals surface area (Å²) in [4.78, 5) is 9.24. The highest BCUT2D eigenvalue weighted by Crippen LogP contribution is 2.25. The number of hydrogen-bond acceptors (Lipinski definition) is 6. The number of fused-ring (bicyclic) bond motifs is 1. The van der Waals surface area contributed by atoms with E-state index in [9.17, 15) is 0 Å². The van der Waals surface area contributed by atoms with Crippen molar-refractivity contribution in [3.05, 3.63) is 36.0 Å². The molecule has 1 atom stereocenters. The summed E-state index contributed by atoms with van der Waals surface area (Å²) in [6.07, 6.45) is 1.73. The van der Waals surface area contributed by atoms with Gasteiger partial charge in [-0.1, -0.05) is 29.1 Å². The molecule has 7 heteroatoms. The number of benzene rings is 1. The summed E-state index contributed by atoms with van der Waals surface area (Å²) in [5, 5.41) is 5.14. The van der Waals surface area contributed by atoms with Crippen molar-refractivity contribution in [1.82, 2.24) is 19.7 Å². The number of rotatable bonds is 6. The highest BCUT2D eigenvalue weighted by Gasteiger charge is 2.23. The molecule has 4 rings (SSSR count). The molecule has 1 saturated heterocycles. The molecule has 1 aromatic carbocycles. The number of aryl methyl sites for hydroxylation is 2. The predicted octanol–water partition coefficient (Wildman–Crippen LogP) is 3.28. The Morgan fingerprint density at radius 3 is 3.04 bits per heavy atom. The van der Waals surface area contributed by atoms with Crippen LogP contribution in [0, 0.1) is 0 Å². The predicted molar refractivity (Wildman–Crippen MR) is 92.3 cm³/mol. The molecular weight excluding hydrogens is 324 g/mol. The molecule has 1 unspecified atom stereocenters. The van der Waals surface area contributed by atoms with Gasteiger partial charge in [-0.05, 0) is 25.5 Å².